The molecule has 0 radical (unpaired) electrons. The van der Waals surface area contributed by atoms with Crippen LogP contribution in [0.3, 0.4) is 0 Å². The zero-order chi connectivity index (χ0) is 30.5. The largest absolute Gasteiger partial charge is 0.275 e. The Bertz CT molecular complexity index is 2590. The molecule has 1 heterocycles. The molecule has 0 aliphatic heterocycles. The average Bonchev–Trinajstić information content (AvgIpc) is 3.09. The second-order valence-electron chi connectivity index (χ2n) is 11.4. The van der Waals surface area contributed by atoms with E-state index in [4.69, 9.17) is 0 Å². The molecule has 2 nitrogen and oxygen atoms in total. The maximum atomic E-state index is 14.7. The minimum Gasteiger partial charge on any atom is -0.275 e. The highest BCUT2D eigenvalue weighted by Crippen LogP contribution is 2.42. The molecule has 8 rings (SSSR count). The van der Waals surface area contributed by atoms with Crippen molar-refractivity contribution >= 4 is 55.9 Å². The third-order valence-corrected chi connectivity index (χ3v) is 8.87. The van der Waals surface area contributed by atoms with Gasteiger partial charge in [-0.2, -0.15) is 0 Å². The summed E-state index contributed by atoms with van der Waals surface area (Å²) in [5.41, 5.74) is 6.19. The van der Waals surface area contributed by atoms with Crippen molar-refractivity contribution in [3.05, 3.63) is 173 Å². The maximum Gasteiger partial charge on any atom is 0.263 e. The quantitative estimate of drug-likeness (QED) is 0.152. The Labute approximate surface area is 260 Å². The summed E-state index contributed by atoms with van der Waals surface area (Å²) in [7, 11) is 0. The van der Waals surface area contributed by atoms with Crippen LogP contribution in [-0.2, 0) is 0 Å². The summed E-state index contributed by atoms with van der Waals surface area (Å²) in [6, 6.07) is 48.0. The lowest BCUT2D eigenvalue weighted by Gasteiger charge is -2.21. The zero-order valence-electron chi connectivity index (χ0n) is 24.7. The van der Waals surface area contributed by atoms with E-state index < -0.39 is 0 Å². The van der Waals surface area contributed by atoms with Gasteiger partial charge >= 0.3 is 0 Å². The van der Waals surface area contributed by atoms with E-state index in [1.807, 2.05) is 47.0 Å². The molecule has 0 amide bonds. The SMILES string of the molecule is C=C/C=c1/c(-c2ccc3c(c2)c2ccccc2c(=O)n3-c2c3ccccc3c(-c3ccccc3)c3ccccc23)cccc1=C. The van der Waals surface area contributed by atoms with Crippen LogP contribution < -0.4 is 16.0 Å². The van der Waals surface area contributed by atoms with Crippen LogP contribution in [0.5, 0.6) is 0 Å². The predicted octanol–water partition coefficient (Wildman–Crippen LogP) is 9.16. The number of benzene rings is 7. The van der Waals surface area contributed by atoms with E-state index in [0.29, 0.717) is 5.39 Å². The Kier molecular flexibility index (Phi) is 6.28. The van der Waals surface area contributed by atoms with Crippen molar-refractivity contribution < 1.29 is 0 Å². The predicted molar refractivity (Wildman–Crippen MR) is 192 cm³/mol. The molecule has 8 aromatic rings. The van der Waals surface area contributed by atoms with Crippen molar-refractivity contribution in [2.75, 3.05) is 0 Å². The van der Waals surface area contributed by atoms with Crippen LogP contribution in [0.15, 0.2) is 157 Å². The molecule has 0 unspecified atom stereocenters. The van der Waals surface area contributed by atoms with Gasteiger partial charge in [-0.05, 0) is 67.0 Å². The fourth-order valence-corrected chi connectivity index (χ4v) is 6.91. The molecule has 0 atom stereocenters. The van der Waals surface area contributed by atoms with Gasteiger partial charge in [0.15, 0.2) is 0 Å². The summed E-state index contributed by atoms with van der Waals surface area (Å²) in [6.45, 7) is 8.20. The van der Waals surface area contributed by atoms with Crippen LogP contribution in [0.2, 0.25) is 0 Å². The zero-order valence-corrected chi connectivity index (χ0v) is 24.7. The lowest BCUT2D eigenvalue weighted by Crippen LogP contribution is -2.24. The van der Waals surface area contributed by atoms with Gasteiger partial charge in [0.25, 0.3) is 5.56 Å². The minimum absolute atomic E-state index is 0.0333. The van der Waals surface area contributed by atoms with Gasteiger partial charge in [0.1, 0.15) is 0 Å². The van der Waals surface area contributed by atoms with Crippen LogP contribution >= 0.6 is 0 Å². The smallest absolute Gasteiger partial charge is 0.263 e. The van der Waals surface area contributed by atoms with E-state index in [0.717, 1.165) is 70.6 Å². The van der Waals surface area contributed by atoms with Gasteiger partial charge in [0, 0.05) is 21.5 Å². The first-order valence-corrected chi connectivity index (χ1v) is 15.1. The number of pyridine rings is 1. The number of fused-ring (bicyclic) bond motifs is 5. The Balaban J connectivity index is 1.55. The van der Waals surface area contributed by atoms with E-state index in [2.05, 4.69) is 116 Å². The number of nitrogens with zero attached hydrogens (tertiary/aromatic N) is 1. The van der Waals surface area contributed by atoms with Crippen LogP contribution in [0.25, 0.3) is 83.8 Å². The van der Waals surface area contributed by atoms with E-state index in [9.17, 15) is 4.79 Å². The van der Waals surface area contributed by atoms with Gasteiger partial charge in [-0.15, -0.1) is 0 Å². The molecular formula is C43H29NO. The molecule has 45 heavy (non-hydrogen) atoms. The Morgan fingerprint density at radius 1 is 0.533 bits per heavy atom. The molecule has 0 N–H and O–H groups in total. The normalized spacial score (nSPS) is 12.0. The summed E-state index contributed by atoms with van der Waals surface area (Å²) in [5, 5.41) is 8.91. The fraction of sp³-hybridized carbons (Fsp3) is 0. The van der Waals surface area contributed by atoms with Crippen molar-refractivity contribution in [3.63, 3.8) is 0 Å². The van der Waals surface area contributed by atoms with Gasteiger partial charge in [-0.1, -0.05) is 147 Å². The average molecular weight is 576 g/mol. The van der Waals surface area contributed by atoms with Crippen molar-refractivity contribution in [3.8, 4) is 27.9 Å². The molecule has 0 saturated heterocycles. The van der Waals surface area contributed by atoms with E-state index in [-0.39, 0.29) is 5.56 Å². The van der Waals surface area contributed by atoms with Crippen molar-refractivity contribution in [2.24, 2.45) is 0 Å². The fourth-order valence-electron chi connectivity index (χ4n) is 6.91. The molecule has 0 aliphatic rings. The summed E-state index contributed by atoms with van der Waals surface area (Å²) in [6.07, 6.45) is 3.81. The first-order valence-electron chi connectivity index (χ1n) is 15.1. The van der Waals surface area contributed by atoms with Gasteiger partial charge < -0.3 is 0 Å². The standard InChI is InChI=1S/C43H29NO/c1-3-14-31-28(2)15-13-24-32(31)30-25-26-40-39(27-30)33-18-7-12-23-38(33)43(45)44(40)42-36-21-10-8-19-34(36)41(29-16-5-4-6-17-29)35-20-9-11-22-37(35)42/h3-27H,1-2H2/b31-14+. The Hall–Kier alpha value is -5.99. The summed E-state index contributed by atoms with van der Waals surface area (Å²) in [5.74, 6) is 0. The van der Waals surface area contributed by atoms with Crippen LogP contribution in [0.1, 0.15) is 0 Å². The van der Waals surface area contributed by atoms with Gasteiger partial charge in [-0.25, -0.2) is 0 Å². The number of allylic oxidation sites excluding steroid dienone is 1. The summed E-state index contributed by atoms with van der Waals surface area (Å²) < 4.78 is 1.94. The van der Waals surface area contributed by atoms with Crippen LogP contribution in [0.4, 0.5) is 0 Å². The van der Waals surface area contributed by atoms with Gasteiger partial charge in [0.2, 0.25) is 0 Å². The van der Waals surface area contributed by atoms with Crippen molar-refractivity contribution in [2.45, 2.75) is 0 Å². The minimum atomic E-state index is -0.0333. The van der Waals surface area contributed by atoms with E-state index in [1.54, 1.807) is 6.08 Å². The number of rotatable bonds is 4. The molecular weight excluding hydrogens is 546 g/mol. The highest BCUT2D eigenvalue weighted by molar-refractivity contribution is 6.19. The number of hydrogen-bond donors (Lipinski definition) is 0. The molecule has 2 heteroatoms. The number of aromatic nitrogens is 1. The third-order valence-electron chi connectivity index (χ3n) is 8.87. The van der Waals surface area contributed by atoms with Crippen LogP contribution in [0, 0.1) is 0 Å². The van der Waals surface area contributed by atoms with Gasteiger partial charge in [0.05, 0.1) is 11.2 Å². The summed E-state index contributed by atoms with van der Waals surface area (Å²) >= 11 is 0. The van der Waals surface area contributed by atoms with Crippen LogP contribution in [-0.4, -0.2) is 4.57 Å². The first-order chi connectivity index (χ1) is 22.2. The molecule has 0 aliphatic carbocycles. The maximum absolute atomic E-state index is 14.7. The molecule has 1 aromatic heterocycles. The molecule has 0 saturated carbocycles. The monoisotopic (exact) mass is 575 g/mol. The van der Waals surface area contributed by atoms with Crippen molar-refractivity contribution in [1.29, 1.82) is 0 Å². The second-order valence-corrected chi connectivity index (χ2v) is 11.4. The molecule has 7 aromatic carbocycles. The summed E-state index contributed by atoms with van der Waals surface area (Å²) in [4.78, 5) is 14.7. The van der Waals surface area contributed by atoms with E-state index >= 15 is 0 Å². The van der Waals surface area contributed by atoms with Gasteiger partial charge in [-0.3, -0.25) is 9.36 Å². The highest BCUT2D eigenvalue weighted by atomic mass is 16.1. The molecule has 0 bridgehead atoms. The van der Waals surface area contributed by atoms with Crippen molar-refractivity contribution in [1.82, 2.24) is 4.57 Å². The Morgan fingerprint density at radius 3 is 1.80 bits per heavy atom. The molecule has 0 spiro atoms. The number of hydrogen-bond acceptors (Lipinski definition) is 1. The lowest BCUT2D eigenvalue weighted by molar-refractivity contribution is 1.08. The molecule has 0 fully saturated rings. The Morgan fingerprint density at radius 2 is 1.13 bits per heavy atom. The first kappa shape index (κ1) is 26.6. The van der Waals surface area contributed by atoms with E-state index in [1.165, 1.54) is 5.56 Å². The highest BCUT2D eigenvalue weighted by Gasteiger charge is 2.20. The lowest BCUT2D eigenvalue weighted by atomic mass is 9.90. The second kappa shape index (κ2) is 10.6. The topological polar surface area (TPSA) is 22.0 Å². The third kappa shape index (κ3) is 4.15. The molecule has 212 valence electrons.